The number of hydrogen-bond acceptors (Lipinski definition) is 2. The molecule has 84 valence electrons. The smallest absolute Gasteiger partial charge is 0.319 e. The van der Waals surface area contributed by atoms with Gasteiger partial charge in [-0.1, -0.05) is 13.3 Å². The molecule has 1 heterocycles. The van der Waals surface area contributed by atoms with E-state index < -0.39 is 11.4 Å². The van der Waals surface area contributed by atoms with E-state index in [4.69, 9.17) is 5.11 Å². The van der Waals surface area contributed by atoms with Crippen molar-refractivity contribution in [3.63, 3.8) is 0 Å². The summed E-state index contributed by atoms with van der Waals surface area (Å²) < 4.78 is 0. The molecule has 4 heteroatoms. The van der Waals surface area contributed by atoms with Crippen LogP contribution >= 0.6 is 0 Å². The predicted octanol–water partition coefficient (Wildman–Crippen LogP) is 1.11. The van der Waals surface area contributed by atoms with Crippen LogP contribution in [0.1, 0.15) is 32.6 Å². The van der Waals surface area contributed by atoms with Gasteiger partial charge in [0.25, 0.3) is 0 Å². The third-order valence-electron chi connectivity index (χ3n) is 3.72. The molecular formula is C11H17NO3. The molecule has 1 N–H and O–H groups in total. The van der Waals surface area contributed by atoms with Crippen LogP contribution in [0, 0.1) is 11.3 Å². The van der Waals surface area contributed by atoms with Crippen molar-refractivity contribution in [1.82, 2.24) is 4.90 Å². The maximum Gasteiger partial charge on any atom is 0.319 e. The summed E-state index contributed by atoms with van der Waals surface area (Å²) in [6.07, 6.45) is 3.14. The van der Waals surface area contributed by atoms with Gasteiger partial charge in [0.05, 0.1) is 0 Å². The van der Waals surface area contributed by atoms with E-state index in [2.05, 4.69) is 6.92 Å². The third-order valence-corrected chi connectivity index (χ3v) is 3.72. The molecule has 15 heavy (non-hydrogen) atoms. The van der Waals surface area contributed by atoms with Crippen LogP contribution in [0.3, 0.4) is 0 Å². The van der Waals surface area contributed by atoms with Crippen LogP contribution in [-0.2, 0) is 9.59 Å². The van der Waals surface area contributed by atoms with E-state index in [9.17, 15) is 9.59 Å². The lowest BCUT2D eigenvalue weighted by molar-refractivity contribution is -0.153. The summed E-state index contributed by atoms with van der Waals surface area (Å²) in [5, 5.41) is 9.01. The van der Waals surface area contributed by atoms with Gasteiger partial charge >= 0.3 is 5.97 Å². The number of amides is 1. The maximum absolute atomic E-state index is 12.0. The summed E-state index contributed by atoms with van der Waals surface area (Å²) in [7, 11) is 0. The molecule has 1 atom stereocenters. The Balaban J connectivity index is 2.01. The molecule has 0 bridgehead atoms. The lowest BCUT2D eigenvalue weighted by atomic mass is 10.1. The SMILES string of the molecule is CCC1CCN(C(=O)C2(C(=O)O)CC2)C1. The first kappa shape index (κ1) is 10.5. The van der Waals surface area contributed by atoms with E-state index in [0.29, 0.717) is 18.8 Å². The van der Waals surface area contributed by atoms with Crippen LogP contribution in [-0.4, -0.2) is 35.0 Å². The van der Waals surface area contributed by atoms with Crippen molar-refractivity contribution in [2.45, 2.75) is 32.6 Å². The van der Waals surface area contributed by atoms with E-state index in [0.717, 1.165) is 25.9 Å². The van der Waals surface area contributed by atoms with Gasteiger partial charge in [-0.15, -0.1) is 0 Å². The third kappa shape index (κ3) is 1.62. The zero-order valence-corrected chi connectivity index (χ0v) is 9.03. The van der Waals surface area contributed by atoms with Crippen LogP contribution < -0.4 is 0 Å². The molecule has 2 rings (SSSR count). The fourth-order valence-electron chi connectivity index (χ4n) is 2.30. The molecule has 4 nitrogen and oxygen atoms in total. The van der Waals surface area contributed by atoms with Crippen LogP contribution in [0.4, 0.5) is 0 Å². The first-order valence-electron chi connectivity index (χ1n) is 5.63. The second-order valence-corrected chi connectivity index (χ2v) is 4.70. The molecule has 2 fully saturated rings. The lowest BCUT2D eigenvalue weighted by Crippen LogP contribution is -2.39. The fraction of sp³-hybridized carbons (Fsp3) is 0.818. The van der Waals surface area contributed by atoms with Crippen LogP contribution in [0.15, 0.2) is 0 Å². The van der Waals surface area contributed by atoms with Gasteiger partial charge in [0.15, 0.2) is 0 Å². The maximum atomic E-state index is 12.0. The molecule has 1 amide bonds. The Bertz CT molecular complexity index is 296. The van der Waals surface area contributed by atoms with Crippen molar-refractivity contribution in [1.29, 1.82) is 0 Å². The largest absolute Gasteiger partial charge is 0.480 e. The average Bonchev–Trinajstić information content (AvgIpc) is 2.89. The van der Waals surface area contributed by atoms with Crippen molar-refractivity contribution in [3.05, 3.63) is 0 Å². The summed E-state index contributed by atoms with van der Waals surface area (Å²) in [6, 6.07) is 0. The van der Waals surface area contributed by atoms with E-state index in [1.54, 1.807) is 4.90 Å². The zero-order chi connectivity index (χ0) is 11.1. The predicted molar refractivity (Wildman–Crippen MR) is 54.3 cm³/mol. The molecular weight excluding hydrogens is 194 g/mol. The van der Waals surface area contributed by atoms with Gasteiger partial charge < -0.3 is 10.0 Å². The fourth-order valence-corrected chi connectivity index (χ4v) is 2.30. The molecule has 1 aliphatic heterocycles. The van der Waals surface area contributed by atoms with Crippen molar-refractivity contribution in [2.24, 2.45) is 11.3 Å². The number of likely N-dealkylation sites (tertiary alicyclic amines) is 1. The number of rotatable bonds is 3. The minimum Gasteiger partial charge on any atom is -0.480 e. The molecule has 1 aliphatic carbocycles. The highest BCUT2D eigenvalue weighted by atomic mass is 16.4. The van der Waals surface area contributed by atoms with E-state index in [-0.39, 0.29) is 5.91 Å². The first-order valence-corrected chi connectivity index (χ1v) is 5.63. The highest BCUT2D eigenvalue weighted by Crippen LogP contribution is 2.48. The number of carbonyl (C=O) groups excluding carboxylic acids is 1. The van der Waals surface area contributed by atoms with E-state index in [1.807, 2.05) is 0 Å². The van der Waals surface area contributed by atoms with Gasteiger partial charge in [0, 0.05) is 13.1 Å². The summed E-state index contributed by atoms with van der Waals surface area (Å²) in [6.45, 7) is 3.61. The standard InChI is InChI=1S/C11H17NO3/c1-2-8-3-6-12(7-8)9(13)11(4-5-11)10(14)15/h8H,2-7H2,1H3,(H,14,15). The number of carbonyl (C=O) groups is 2. The first-order chi connectivity index (χ1) is 7.10. The topological polar surface area (TPSA) is 57.6 Å². The Morgan fingerprint density at radius 2 is 2.13 bits per heavy atom. The Morgan fingerprint density at radius 1 is 1.47 bits per heavy atom. The molecule has 0 aromatic carbocycles. The lowest BCUT2D eigenvalue weighted by Gasteiger charge is -2.20. The number of aliphatic carboxylic acids is 1. The Morgan fingerprint density at radius 3 is 2.53 bits per heavy atom. The number of nitrogens with zero attached hydrogens (tertiary/aromatic N) is 1. The zero-order valence-electron chi connectivity index (χ0n) is 9.03. The molecule has 2 aliphatic rings. The molecule has 0 aromatic rings. The van der Waals surface area contributed by atoms with Gasteiger partial charge in [0.2, 0.25) is 5.91 Å². The molecule has 0 spiro atoms. The monoisotopic (exact) mass is 211 g/mol. The molecule has 1 unspecified atom stereocenters. The Hall–Kier alpha value is -1.06. The summed E-state index contributed by atoms with van der Waals surface area (Å²) in [5.74, 6) is -0.517. The van der Waals surface area contributed by atoms with Gasteiger partial charge in [-0.25, -0.2) is 0 Å². The van der Waals surface area contributed by atoms with Crippen molar-refractivity contribution in [2.75, 3.05) is 13.1 Å². The summed E-state index contributed by atoms with van der Waals surface area (Å²) in [4.78, 5) is 24.7. The highest BCUT2D eigenvalue weighted by molar-refractivity contribution is 6.04. The van der Waals surface area contributed by atoms with E-state index in [1.165, 1.54) is 0 Å². The van der Waals surface area contributed by atoms with Crippen molar-refractivity contribution in [3.8, 4) is 0 Å². The highest BCUT2D eigenvalue weighted by Gasteiger charge is 2.58. The Kier molecular flexibility index (Phi) is 2.44. The molecule has 0 radical (unpaired) electrons. The molecule has 1 saturated heterocycles. The summed E-state index contributed by atoms with van der Waals surface area (Å²) in [5.41, 5.74) is -1.04. The second kappa shape index (κ2) is 3.51. The second-order valence-electron chi connectivity index (χ2n) is 4.70. The van der Waals surface area contributed by atoms with Crippen LogP contribution in [0.2, 0.25) is 0 Å². The number of carboxylic acids is 1. The number of carboxylic acid groups (broad SMARTS) is 1. The van der Waals surface area contributed by atoms with Crippen LogP contribution in [0.25, 0.3) is 0 Å². The van der Waals surface area contributed by atoms with Gasteiger partial charge in [-0.2, -0.15) is 0 Å². The minimum absolute atomic E-state index is 0.147. The Labute approximate surface area is 89.3 Å². The van der Waals surface area contributed by atoms with Gasteiger partial charge in [0.1, 0.15) is 5.41 Å². The molecule has 0 aromatic heterocycles. The van der Waals surface area contributed by atoms with E-state index >= 15 is 0 Å². The quantitative estimate of drug-likeness (QED) is 0.711. The average molecular weight is 211 g/mol. The van der Waals surface area contributed by atoms with Crippen LogP contribution in [0.5, 0.6) is 0 Å². The normalized spacial score (nSPS) is 27.8. The van der Waals surface area contributed by atoms with Crippen molar-refractivity contribution < 1.29 is 14.7 Å². The minimum atomic E-state index is -1.04. The summed E-state index contributed by atoms with van der Waals surface area (Å²) >= 11 is 0. The van der Waals surface area contributed by atoms with Gasteiger partial charge in [-0.05, 0) is 25.2 Å². The van der Waals surface area contributed by atoms with Gasteiger partial charge in [-0.3, -0.25) is 9.59 Å². The number of hydrogen-bond donors (Lipinski definition) is 1. The van der Waals surface area contributed by atoms with Crippen molar-refractivity contribution >= 4 is 11.9 Å². The molecule has 1 saturated carbocycles.